The van der Waals surface area contributed by atoms with Crippen molar-refractivity contribution in [2.24, 2.45) is 5.92 Å². The molecule has 1 N–H and O–H groups in total. The average molecular weight is 395 g/mol. The molecule has 0 bridgehead atoms. The molecule has 9 heteroatoms. The Balaban J connectivity index is 2.82. The molecule has 1 atom stereocenters. The van der Waals surface area contributed by atoms with Gasteiger partial charge in [0.25, 0.3) is 5.78 Å². The zero-order valence-electron chi connectivity index (χ0n) is 16.7. The number of hydrogen-bond acceptors (Lipinski definition) is 6. The number of carbonyl (C=O) groups is 3. The van der Waals surface area contributed by atoms with E-state index < -0.39 is 35.2 Å². The number of amides is 1. The number of alkyl carbamates (subject to hydrolysis) is 1. The third-order valence-electron chi connectivity index (χ3n) is 4.00. The van der Waals surface area contributed by atoms with Crippen molar-refractivity contribution in [3.63, 3.8) is 0 Å². The second-order valence-corrected chi connectivity index (χ2v) is 7.60. The third-order valence-corrected chi connectivity index (χ3v) is 4.00. The van der Waals surface area contributed by atoms with Crippen molar-refractivity contribution in [3.8, 4) is 0 Å². The lowest BCUT2D eigenvalue weighted by Gasteiger charge is -2.28. The van der Waals surface area contributed by atoms with Gasteiger partial charge in [0.1, 0.15) is 12.2 Å². The Morgan fingerprint density at radius 3 is 2.50 bits per heavy atom. The van der Waals surface area contributed by atoms with Crippen LogP contribution in [0.4, 0.5) is 4.79 Å². The normalized spacial score (nSPS) is 15.7. The summed E-state index contributed by atoms with van der Waals surface area (Å²) >= 11 is 0. The number of nitrogens with zero attached hydrogens (tertiary/aromatic N) is 2. The quantitative estimate of drug-likeness (QED) is 0.159. The van der Waals surface area contributed by atoms with Crippen molar-refractivity contribution in [2.45, 2.75) is 58.1 Å². The first-order chi connectivity index (χ1) is 13.2. The largest absolute Gasteiger partial charge is 0.453 e. The molecule has 156 valence electrons. The van der Waals surface area contributed by atoms with E-state index in [0.717, 1.165) is 12.8 Å². The van der Waals surface area contributed by atoms with Crippen LogP contribution in [0.25, 0.3) is 5.53 Å². The van der Waals surface area contributed by atoms with Gasteiger partial charge >= 0.3 is 17.8 Å². The van der Waals surface area contributed by atoms with Gasteiger partial charge in [-0.1, -0.05) is 12.7 Å². The molecule has 1 rings (SSSR count). The van der Waals surface area contributed by atoms with Crippen molar-refractivity contribution in [3.05, 3.63) is 18.2 Å². The number of hydrogen-bond donors (Lipinski definition) is 1. The number of Topliss-reactive ketones (excluding diaryl/α,β-unsaturated/α-hetero) is 1. The number of ether oxygens (including phenoxy) is 3. The maximum atomic E-state index is 12.5. The van der Waals surface area contributed by atoms with E-state index in [1.165, 1.54) is 6.08 Å². The van der Waals surface area contributed by atoms with E-state index in [1.807, 2.05) is 0 Å². The lowest BCUT2D eigenvalue weighted by atomic mass is 9.90. The predicted molar refractivity (Wildman–Crippen MR) is 101 cm³/mol. The molecular weight excluding hydrogens is 366 g/mol. The van der Waals surface area contributed by atoms with Crippen molar-refractivity contribution in [1.29, 1.82) is 0 Å². The average Bonchev–Trinajstić information content (AvgIpc) is 2.59. The fraction of sp³-hybridized carbons (Fsp3) is 0.684. The highest BCUT2D eigenvalue weighted by Gasteiger charge is 2.34. The second-order valence-electron chi connectivity index (χ2n) is 7.60. The van der Waals surface area contributed by atoms with E-state index in [2.05, 4.69) is 16.7 Å². The Kier molecular flexibility index (Phi) is 9.55. The highest BCUT2D eigenvalue weighted by Crippen LogP contribution is 2.22. The van der Waals surface area contributed by atoms with Crippen LogP contribution < -0.4 is 5.32 Å². The van der Waals surface area contributed by atoms with Gasteiger partial charge in [0.15, 0.2) is 0 Å². The molecule has 1 heterocycles. The van der Waals surface area contributed by atoms with Gasteiger partial charge in [0.2, 0.25) is 0 Å². The Morgan fingerprint density at radius 2 is 1.96 bits per heavy atom. The molecule has 0 spiro atoms. The van der Waals surface area contributed by atoms with Gasteiger partial charge in [-0.05, 0) is 46.0 Å². The SMILES string of the molecule is C=CCOC(=O)C(=[N+]=[N-])C(=O)CC(CC1CCOCC1)NC(=O)OC(C)(C)C. The third kappa shape index (κ3) is 8.92. The minimum Gasteiger partial charge on any atom is -0.453 e. The van der Waals surface area contributed by atoms with Gasteiger partial charge in [0, 0.05) is 25.7 Å². The van der Waals surface area contributed by atoms with Crippen molar-refractivity contribution in [2.75, 3.05) is 19.8 Å². The molecule has 9 nitrogen and oxygen atoms in total. The van der Waals surface area contributed by atoms with Crippen molar-refractivity contribution < 1.29 is 33.4 Å². The second kappa shape index (κ2) is 11.4. The standard InChI is InChI=1S/C19H29N3O6/c1-5-8-27-17(24)16(22-20)15(23)12-14(11-13-6-9-26-10-7-13)21-18(25)28-19(2,3)4/h5,13-14H,1,6-12H2,2-4H3,(H,21,25). The first-order valence-electron chi connectivity index (χ1n) is 9.26. The Morgan fingerprint density at radius 1 is 1.32 bits per heavy atom. The van der Waals surface area contributed by atoms with Gasteiger partial charge in [0.05, 0.1) is 0 Å². The van der Waals surface area contributed by atoms with E-state index in [1.54, 1.807) is 20.8 Å². The first-order valence-corrected chi connectivity index (χ1v) is 9.26. The molecule has 1 amide bonds. The monoisotopic (exact) mass is 395 g/mol. The summed E-state index contributed by atoms with van der Waals surface area (Å²) in [7, 11) is 0. The maximum absolute atomic E-state index is 12.5. The van der Waals surface area contributed by atoms with Crippen LogP contribution in [-0.4, -0.2) is 59.8 Å². The molecule has 1 saturated heterocycles. The highest BCUT2D eigenvalue weighted by atomic mass is 16.6. The van der Waals surface area contributed by atoms with E-state index in [0.29, 0.717) is 19.6 Å². The molecule has 0 aromatic heterocycles. The molecule has 28 heavy (non-hydrogen) atoms. The van der Waals surface area contributed by atoms with Gasteiger partial charge < -0.3 is 25.1 Å². The van der Waals surface area contributed by atoms with Crippen LogP contribution in [0.5, 0.6) is 0 Å². The molecule has 0 aromatic rings. The fourth-order valence-corrected chi connectivity index (χ4v) is 2.79. The van der Waals surface area contributed by atoms with Crippen LogP contribution in [0.2, 0.25) is 0 Å². The first kappa shape index (κ1) is 23.5. The summed E-state index contributed by atoms with van der Waals surface area (Å²) in [5, 5.41) is 2.69. The van der Waals surface area contributed by atoms with Crippen LogP contribution in [0.1, 0.15) is 46.5 Å². The van der Waals surface area contributed by atoms with Crippen molar-refractivity contribution in [1.82, 2.24) is 5.32 Å². The number of esters is 1. The lowest BCUT2D eigenvalue weighted by Crippen LogP contribution is -2.43. The Hall–Kier alpha value is -2.51. The van der Waals surface area contributed by atoms with E-state index in [-0.39, 0.29) is 18.9 Å². The van der Waals surface area contributed by atoms with Gasteiger partial charge in [-0.25, -0.2) is 9.59 Å². The topological polar surface area (TPSA) is 127 Å². The van der Waals surface area contributed by atoms with Crippen LogP contribution in [0.15, 0.2) is 12.7 Å². The lowest BCUT2D eigenvalue weighted by molar-refractivity contribution is -0.141. The molecule has 1 fully saturated rings. The fourth-order valence-electron chi connectivity index (χ4n) is 2.79. The summed E-state index contributed by atoms with van der Waals surface area (Å²) in [6, 6.07) is -0.589. The van der Waals surface area contributed by atoms with E-state index in [9.17, 15) is 14.4 Å². The molecular formula is C19H29N3O6. The minimum absolute atomic E-state index is 0.118. The van der Waals surface area contributed by atoms with Crippen LogP contribution in [0, 0.1) is 5.92 Å². The van der Waals surface area contributed by atoms with Crippen LogP contribution >= 0.6 is 0 Å². The summed E-state index contributed by atoms with van der Waals surface area (Å²) in [6.07, 6.45) is 2.57. The zero-order valence-corrected chi connectivity index (χ0v) is 16.7. The number of nitrogens with one attached hydrogen (secondary N) is 1. The molecule has 1 aliphatic heterocycles. The summed E-state index contributed by atoms with van der Waals surface area (Å²) < 4.78 is 15.3. The van der Waals surface area contributed by atoms with Crippen LogP contribution in [0.3, 0.4) is 0 Å². The molecule has 0 aromatic carbocycles. The van der Waals surface area contributed by atoms with E-state index in [4.69, 9.17) is 19.7 Å². The number of rotatable bonds is 9. The van der Waals surface area contributed by atoms with Gasteiger partial charge in [-0.3, -0.25) is 4.79 Å². The van der Waals surface area contributed by atoms with Gasteiger partial charge in [-0.2, -0.15) is 4.79 Å². The number of carbonyl (C=O) groups excluding carboxylic acids is 3. The minimum atomic E-state index is -1.05. The summed E-state index contributed by atoms with van der Waals surface area (Å²) in [6.45, 7) is 9.72. The number of ketones is 1. The highest BCUT2D eigenvalue weighted by molar-refractivity contribution is 6.62. The molecule has 0 radical (unpaired) electrons. The summed E-state index contributed by atoms with van der Waals surface area (Å²) in [5.74, 6) is -1.53. The Labute approximate surface area is 165 Å². The molecule has 1 unspecified atom stereocenters. The smallest absolute Gasteiger partial charge is 0.441 e. The predicted octanol–water partition coefficient (Wildman–Crippen LogP) is 2.06. The van der Waals surface area contributed by atoms with E-state index >= 15 is 0 Å². The van der Waals surface area contributed by atoms with Crippen molar-refractivity contribution >= 4 is 23.6 Å². The summed E-state index contributed by atoms with van der Waals surface area (Å²) in [4.78, 5) is 39.2. The zero-order chi connectivity index (χ0) is 21.2. The molecule has 0 saturated carbocycles. The summed E-state index contributed by atoms with van der Waals surface area (Å²) in [5.41, 5.74) is 7.64. The van der Waals surface area contributed by atoms with Gasteiger partial charge in [-0.15, -0.1) is 0 Å². The van der Waals surface area contributed by atoms with Crippen LogP contribution in [-0.2, 0) is 23.8 Å². The molecule has 1 aliphatic rings. The Bertz CT molecular complexity index is 628. The molecule has 0 aliphatic carbocycles. The maximum Gasteiger partial charge on any atom is 0.441 e.